The summed E-state index contributed by atoms with van der Waals surface area (Å²) in [6, 6.07) is 0.852. The van der Waals surface area contributed by atoms with Gasteiger partial charge in [0.1, 0.15) is 16.6 Å². The highest BCUT2D eigenvalue weighted by molar-refractivity contribution is 7.99. The molecule has 0 unspecified atom stereocenters. The molecule has 0 aliphatic heterocycles. The maximum atomic E-state index is 12.5. The van der Waals surface area contributed by atoms with Gasteiger partial charge in [0.05, 0.1) is 17.0 Å². The second kappa shape index (κ2) is 7.00. The lowest BCUT2D eigenvalue weighted by Crippen LogP contribution is -2.23. The van der Waals surface area contributed by atoms with Gasteiger partial charge < -0.3 is 0 Å². The van der Waals surface area contributed by atoms with Crippen LogP contribution in [0.3, 0.4) is 0 Å². The van der Waals surface area contributed by atoms with Crippen LogP contribution in [0.2, 0.25) is 5.02 Å². The summed E-state index contributed by atoms with van der Waals surface area (Å²) in [4.78, 5) is 26.4. The van der Waals surface area contributed by atoms with Crippen molar-refractivity contribution >= 4 is 34.9 Å². The molecule has 0 aromatic carbocycles. The number of Topliss-reactive ketones (excluding diaryl/α,β-unsaturated/α-hetero) is 2. The Kier molecular flexibility index (Phi) is 5.50. The lowest BCUT2D eigenvalue weighted by atomic mass is 9.86. The van der Waals surface area contributed by atoms with Crippen LogP contribution in [0.25, 0.3) is 0 Å². The number of pyridine rings is 1. The lowest BCUT2D eigenvalue weighted by molar-refractivity contribution is -0.138. The Balaban J connectivity index is 1.89. The summed E-state index contributed by atoms with van der Waals surface area (Å²) < 4.78 is 37.5. The van der Waals surface area contributed by atoms with E-state index in [1.165, 1.54) is 11.8 Å². The summed E-state index contributed by atoms with van der Waals surface area (Å²) in [5, 5.41) is 0.277. The molecule has 1 aliphatic carbocycles. The first-order valence-corrected chi connectivity index (χ1v) is 8.01. The first-order valence-electron chi connectivity index (χ1n) is 6.64. The summed E-state index contributed by atoms with van der Waals surface area (Å²) in [5.74, 6) is 0.465. The van der Waals surface area contributed by atoms with Gasteiger partial charge in [0.25, 0.3) is 0 Å². The van der Waals surface area contributed by atoms with E-state index in [2.05, 4.69) is 4.98 Å². The zero-order valence-electron chi connectivity index (χ0n) is 11.5. The third-order valence-corrected chi connectivity index (χ3v) is 4.77. The predicted molar refractivity (Wildman–Crippen MR) is 76.9 cm³/mol. The first kappa shape index (κ1) is 17.3. The Bertz CT molecular complexity index is 576. The van der Waals surface area contributed by atoms with E-state index in [4.69, 9.17) is 11.6 Å². The van der Waals surface area contributed by atoms with Crippen LogP contribution in [0.15, 0.2) is 17.3 Å². The summed E-state index contributed by atoms with van der Waals surface area (Å²) in [5.41, 5.74) is -0.884. The van der Waals surface area contributed by atoms with Crippen molar-refractivity contribution < 1.29 is 22.8 Å². The SMILES string of the molecule is O=C1CC(=O)CC(CCSc2ncc(C(F)(F)F)cc2Cl)C1. The van der Waals surface area contributed by atoms with Crippen molar-refractivity contribution in [1.82, 2.24) is 4.98 Å². The van der Waals surface area contributed by atoms with Gasteiger partial charge in [-0.05, 0) is 24.2 Å². The molecule has 8 heteroatoms. The summed E-state index contributed by atoms with van der Waals surface area (Å²) in [6.07, 6.45) is -2.29. The molecule has 1 aromatic rings. The predicted octanol–water partition coefficient (Wildman–Crippen LogP) is 4.17. The molecule has 1 fully saturated rings. The van der Waals surface area contributed by atoms with Crippen LogP contribution in [0, 0.1) is 5.92 Å². The van der Waals surface area contributed by atoms with E-state index in [-0.39, 0.29) is 28.9 Å². The number of carbonyl (C=O) groups excluding carboxylic acids is 2. The number of ketones is 2. The quantitative estimate of drug-likeness (QED) is 0.603. The third-order valence-electron chi connectivity index (χ3n) is 3.33. The number of rotatable bonds is 4. The van der Waals surface area contributed by atoms with Crippen molar-refractivity contribution in [2.24, 2.45) is 5.92 Å². The topological polar surface area (TPSA) is 47.0 Å². The highest BCUT2D eigenvalue weighted by atomic mass is 35.5. The molecule has 22 heavy (non-hydrogen) atoms. The van der Waals surface area contributed by atoms with Crippen molar-refractivity contribution in [2.45, 2.75) is 36.9 Å². The van der Waals surface area contributed by atoms with Crippen LogP contribution in [0.4, 0.5) is 13.2 Å². The van der Waals surface area contributed by atoms with Crippen LogP contribution >= 0.6 is 23.4 Å². The molecule has 3 nitrogen and oxygen atoms in total. The highest BCUT2D eigenvalue weighted by Crippen LogP contribution is 2.34. The smallest absolute Gasteiger partial charge is 0.299 e. The van der Waals surface area contributed by atoms with Gasteiger partial charge in [0.15, 0.2) is 0 Å². The van der Waals surface area contributed by atoms with Crippen LogP contribution in [-0.4, -0.2) is 22.3 Å². The van der Waals surface area contributed by atoms with Gasteiger partial charge in [-0.1, -0.05) is 11.6 Å². The zero-order valence-corrected chi connectivity index (χ0v) is 13.0. The van der Waals surface area contributed by atoms with Crippen molar-refractivity contribution in [3.05, 3.63) is 22.8 Å². The average Bonchev–Trinajstić information content (AvgIpc) is 2.38. The summed E-state index contributed by atoms with van der Waals surface area (Å²) in [7, 11) is 0. The second-order valence-electron chi connectivity index (χ2n) is 5.17. The molecule has 2 rings (SSSR count). The number of carbonyl (C=O) groups is 2. The van der Waals surface area contributed by atoms with Gasteiger partial charge in [-0.25, -0.2) is 4.98 Å². The number of alkyl halides is 3. The molecule has 0 saturated heterocycles. The van der Waals surface area contributed by atoms with Crippen LogP contribution in [0.5, 0.6) is 0 Å². The van der Waals surface area contributed by atoms with Crippen LogP contribution in [0.1, 0.15) is 31.2 Å². The molecule has 1 aliphatic rings. The molecule has 1 heterocycles. The molecule has 0 atom stereocenters. The second-order valence-corrected chi connectivity index (χ2v) is 6.67. The highest BCUT2D eigenvalue weighted by Gasteiger charge is 2.31. The molecule has 0 spiro atoms. The fourth-order valence-electron chi connectivity index (χ4n) is 2.29. The standard InChI is InChI=1S/C14H13ClF3NO2S/c15-12-5-9(14(16,17)18)7-19-13(12)22-2-1-8-3-10(20)6-11(21)4-8/h5,7-8H,1-4,6H2. The summed E-state index contributed by atoms with van der Waals surface area (Å²) >= 11 is 7.04. The van der Waals surface area contributed by atoms with Crippen molar-refractivity contribution in [1.29, 1.82) is 0 Å². The fourth-order valence-corrected chi connectivity index (χ4v) is 3.59. The van der Waals surface area contributed by atoms with Crippen molar-refractivity contribution in [3.8, 4) is 0 Å². The molecule has 0 amide bonds. The number of thioether (sulfide) groups is 1. The van der Waals surface area contributed by atoms with Crippen molar-refractivity contribution in [3.63, 3.8) is 0 Å². The largest absolute Gasteiger partial charge is 0.417 e. The van der Waals surface area contributed by atoms with Gasteiger partial charge in [-0.15, -0.1) is 11.8 Å². The van der Waals surface area contributed by atoms with Gasteiger partial charge in [-0.3, -0.25) is 9.59 Å². The Labute approximate surface area is 134 Å². The van der Waals surface area contributed by atoms with E-state index in [1.54, 1.807) is 0 Å². The Hall–Kier alpha value is -1.08. The molecule has 120 valence electrons. The van der Waals surface area contributed by atoms with Crippen molar-refractivity contribution in [2.75, 3.05) is 5.75 Å². The number of hydrogen-bond acceptors (Lipinski definition) is 4. The van der Waals surface area contributed by atoms with Crippen LogP contribution in [-0.2, 0) is 15.8 Å². The monoisotopic (exact) mass is 351 g/mol. The minimum absolute atomic E-state index is 0.00877. The summed E-state index contributed by atoms with van der Waals surface area (Å²) in [6.45, 7) is 0. The molecular formula is C14H13ClF3NO2S. The number of nitrogens with zero attached hydrogens (tertiary/aromatic N) is 1. The van der Waals surface area contributed by atoms with Gasteiger partial charge in [0.2, 0.25) is 0 Å². The van der Waals surface area contributed by atoms with Crippen LogP contribution < -0.4 is 0 Å². The molecule has 1 aromatic heterocycles. The van der Waals surface area contributed by atoms with E-state index in [9.17, 15) is 22.8 Å². The lowest BCUT2D eigenvalue weighted by Gasteiger charge is -2.19. The minimum atomic E-state index is -4.47. The molecule has 1 saturated carbocycles. The fraction of sp³-hybridized carbons (Fsp3) is 0.500. The Morgan fingerprint density at radius 3 is 2.45 bits per heavy atom. The number of halogens is 4. The maximum absolute atomic E-state index is 12.5. The Morgan fingerprint density at radius 2 is 1.91 bits per heavy atom. The van der Waals surface area contributed by atoms with Gasteiger partial charge in [-0.2, -0.15) is 13.2 Å². The third kappa shape index (κ3) is 4.71. The Morgan fingerprint density at radius 1 is 1.27 bits per heavy atom. The normalized spacial score (nSPS) is 17.1. The van der Waals surface area contributed by atoms with Gasteiger partial charge in [0, 0.05) is 19.0 Å². The molecule has 0 N–H and O–H groups in total. The average molecular weight is 352 g/mol. The molecular weight excluding hydrogens is 339 g/mol. The molecule has 0 bridgehead atoms. The van der Waals surface area contributed by atoms with E-state index >= 15 is 0 Å². The maximum Gasteiger partial charge on any atom is 0.417 e. The minimum Gasteiger partial charge on any atom is -0.299 e. The van der Waals surface area contributed by atoms with E-state index < -0.39 is 11.7 Å². The van der Waals surface area contributed by atoms with E-state index in [0.717, 1.165) is 12.3 Å². The number of aromatic nitrogens is 1. The molecule has 0 radical (unpaired) electrons. The number of hydrogen-bond donors (Lipinski definition) is 0. The van der Waals surface area contributed by atoms with E-state index in [1.807, 2.05) is 0 Å². The zero-order chi connectivity index (χ0) is 16.3. The van der Waals surface area contributed by atoms with E-state index in [0.29, 0.717) is 30.0 Å². The first-order chi connectivity index (χ1) is 10.3. The van der Waals surface area contributed by atoms with Gasteiger partial charge >= 0.3 is 6.18 Å².